The van der Waals surface area contributed by atoms with Crippen molar-refractivity contribution in [3.63, 3.8) is 0 Å². The number of aliphatic carboxylic acids is 1. The van der Waals surface area contributed by atoms with Crippen LogP contribution in [0.3, 0.4) is 0 Å². The lowest BCUT2D eigenvalue weighted by Crippen LogP contribution is -2.53. The van der Waals surface area contributed by atoms with Crippen molar-refractivity contribution in [3.8, 4) is 0 Å². The molecular formula is C13H15N3O2. The molecule has 1 aliphatic rings. The standard InChI is InChI=1S/C13H15N3O2/c14-13(12(17)18,10-5-6-10)8-16-11-4-2-1-3-9(11)7-15-16/h1-4,7,10H,5-6,8,14H2,(H,17,18). The minimum atomic E-state index is -1.20. The fraction of sp³-hybridized carbons (Fsp3) is 0.385. The molecule has 0 saturated heterocycles. The van der Waals surface area contributed by atoms with E-state index >= 15 is 0 Å². The summed E-state index contributed by atoms with van der Waals surface area (Å²) in [6.07, 6.45) is 3.52. The second-order valence-electron chi connectivity index (χ2n) is 4.98. The van der Waals surface area contributed by atoms with Crippen molar-refractivity contribution in [1.29, 1.82) is 0 Å². The highest BCUT2D eigenvalue weighted by Crippen LogP contribution is 2.39. The average Bonchev–Trinajstić information content (AvgIpc) is 3.14. The van der Waals surface area contributed by atoms with Crippen LogP contribution in [0.2, 0.25) is 0 Å². The molecule has 0 spiro atoms. The number of carboxylic acids is 1. The number of fused-ring (bicyclic) bond motifs is 1. The average molecular weight is 245 g/mol. The number of rotatable bonds is 4. The molecule has 5 nitrogen and oxygen atoms in total. The maximum absolute atomic E-state index is 11.4. The normalized spacial score (nSPS) is 18.7. The Balaban J connectivity index is 1.98. The van der Waals surface area contributed by atoms with Crippen LogP contribution in [0.15, 0.2) is 30.5 Å². The van der Waals surface area contributed by atoms with Gasteiger partial charge in [0.05, 0.1) is 18.3 Å². The highest BCUT2D eigenvalue weighted by Gasteiger charge is 2.48. The van der Waals surface area contributed by atoms with E-state index in [4.69, 9.17) is 5.73 Å². The first-order valence-corrected chi connectivity index (χ1v) is 6.04. The third kappa shape index (κ3) is 1.67. The molecule has 1 aromatic heterocycles. The number of carbonyl (C=O) groups is 1. The Morgan fingerprint density at radius 1 is 1.50 bits per heavy atom. The molecule has 0 amide bonds. The number of nitrogens with two attached hydrogens (primary N) is 1. The molecule has 94 valence electrons. The lowest BCUT2D eigenvalue weighted by molar-refractivity contribution is -0.144. The van der Waals surface area contributed by atoms with Crippen molar-refractivity contribution in [2.75, 3.05) is 0 Å². The summed E-state index contributed by atoms with van der Waals surface area (Å²) >= 11 is 0. The van der Waals surface area contributed by atoms with Crippen LogP contribution < -0.4 is 5.73 Å². The topological polar surface area (TPSA) is 81.1 Å². The van der Waals surface area contributed by atoms with Gasteiger partial charge in [-0.1, -0.05) is 18.2 Å². The van der Waals surface area contributed by atoms with E-state index in [1.54, 1.807) is 10.9 Å². The van der Waals surface area contributed by atoms with Crippen LogP contribution in [-0.2, 0) is 11.3 Å². The van der Waals surface area contributed by atoms with Crippen LogP contribution in [0.4, 0.5) is 0 Å². The summed E-state index contributed by atoms with van der Waals surface area (Å²) in [7, 11) is 0. The Labute approximate surface area is 104 Å². The predicted molar refractivity (Wildman–Crippen MR) is 67.0 cm³/mol. The molecule has 1 atom stereocenters. The van der Waals surface area contributed by atoms with Gasteiger partial charge in [-0.15, -0.1) is 0 Å². The van der Waals surface area contributed by atoms with Gasteiger partial charge in [-0.3, -0.25) is 9.48 Å². The van der Waals surface area contributed by atoms with Crippen molar-refractivity contribution in [2.24, 2.45) is 11.7 Å². The Morgan fingerprint density at radius 2 is 2.22 bits per heavy atom. The van der Waals surface area contributed by atoms with Crippen molar-refractivity contribution in [3.05, 3.63) is 30.5 Å². The number of hydrogen-bond donors (Lipinski definition) is 2. The second kappa shape index (κ2) is 3.81. The summed E-state index contributed by atoms with van der Waals surface area (Å²) in [6, 6.07) is 7.73. The fourth-order valence-electron chi connectivity index (χ4n) is 2.37. The monoisotopic (exact) mass is 245 g/mol. The zero-order valence-corrected chi connectivity index (χ0v) is 9.91. The molecule has 1 aromatic carbocycles. The molecule has 3 N–H and O–H groups in total. The largest absolute Gasteiger partial charge is 0.480 e. The molecule has 0 aliphatic heterocycles. The molecule has 0 bridgehead atoms. The van der Waals surface area contributed by atoms with E-state index in [0.717, 1.165) is 23.7 Å². The first-order chi connectivity index (χ1) is 8.61. The number of hydrogen-bond acceptors (Lipinski definition) is 3. The zero-order valence-electron chi connectivity index (χ0n) is 9.91. The van der Waals surface area contributed by atoms with Crippen molar-refractivity contribution < 1.29 is 9.90 Å². The van der Waals surface area contributed by atoms with Crippen LogP contribution in [0, 0.1) is 5.92 Å². The van der Waals surface area contributed by atoms with E-state index in [-0.39, 0.29) is 12.5 Å². The van der Waals surface area contributed by atoms with Gasteiger partial charge >= 0.3 is 5.97 Å². The molecule has 18 heavy (non-hydrogen) atoms. The SMILES string of the molecule is NC(Cn1ncc2ccccc21)(C(=O)O)C1CC1. The van der Waals surface area contributed by atoms with Crippen molar-refractivity contribution >= 4 is 16.9 Å². The minimum Gasteiger partial charge on any atom is -0.480 e. The number of benzene rings is 1. The molecule has 1 unspecified atom stereocenters. The van der Waals surface area contributed by atoms with E-state index in [0.29, 0.717) is 0 Å². The summed E-state index contributed by atoms with van der Waals surface area (Å²) in [5, 5.41) is 14.6. The first kappa shape index (κ1) is 11.2. The second-order valence-corrected chi connectivity index (χ2v) is 4.98. The summed E-state index contributed by atoms with van der Waals surface area (Å²) in [5.74, 6) is -0.873. The number of para-hydroxylation sites is 1. The molecule has 1 saturated carbocycles. The van der Waals surface area contributed by atoms with Crippen molar-refractivity contribution in [2.45, 2.75) is 24.9 Å². The van der Waals surface area contributed by atoms with E-state index in [9.17, 15) is 9.90 Å². The van der Waals surface area contributed by atoms with E-state index in [2.05, 4.69) is 5.10 Å². The quantitative estimate of drug-likeness (QED) is 0.848. The Bertz CT molecular complexity index is 603. The van der Waals surface area contributed by atoms with E-state index in [1.165, 1.54) is 0 Å². The van der Waals surface area contributed by atoms with E-state index < -0.39 is 11.5 Å². The van der Waals surface area contributed by atoms with Gasteiger partial charge < -0.3 is 10.8 Å². The third-order valence-corrected chi connectivity index (χ3v) is 3.67. The molecule has 3 rings (SSSR count). The number of aromatic nitrogens is 2. The number of nitrogens with zero attached hydrogens (tertiary/aromatic N) is 2. The van der Waals surface area contributed by atoms with Crippen LogP contribution in [0.5, 0.6) is 0 Å². The Kier molecular flexibility index (Phi) is 2.38. The predicted octanol–water partition coefficient (Wildman–Crippen LogP) is 1.23. The van der Waals surface area contributed by atoms with Crippen LogP contribution in [-0.4, -0.2) is 26.4 Å². The summed E-state index contributed by atoms with van der Waals surface area (Å²) in [4.78, 5) is 11.4. The van der Waals surface area contributed by atoms with Gasteiger partial charge in [0.2, 0.25) is 0 Å². The molecular weight excluding hydrogens is 230 g/mol. The van der Waals surface area contributed by atoms with Gasteiger partial charge in [-0.2, -0.15) is 5.10 Å². The van der Waals surface area contributed by atoms with Gasteiger partial charge in [0.1, 0.15) is 5.54 Å². The summed E-state index contributed by atoms with van der Waals surface area (Å²) in [6.45, 7) is 0.223. The Morgan fingerprint density at radius 3 is 2.89 bits per heavy atom. The van der Waals surface area contributed by atoms with E-state index in [1.807, 2.05) is 24.3 Å². The van der Waals surface area contributed by atoms with Crippen LogP contribution >= 0.6 is 0 Å². The zero-order chi connectivity index (χ0) is 12.8. The Hall–Kier alpha value is -1.88. The van der Waals surface area contributed by atoms with Gasteiger partial charge in [-0.05, 0) is 24.8 Å². The maximum atomic E-state index is 11.4. The highest BCUT2D eigenvalue weighted by atomic mass is 16.4. The van der Waals surface area contributed by atoms with Crippen LogP contribution in [0.25, 0.3) is 10.9 Å². The van der Waals surface area contributed by atoms with Gasteiger partial charge in [-0.25, -0.2) is 0 Å². The molecule has 1 aliphatic carbocycles. The first-order valence-electron chi connectivity index (χ1n) is 6.04. The van der Waals surface area contributed by atoms with Gasteiger partial charge in [0, 0.05) is 5.39 Å². The smallest absolute Gasteiger partial charge is 0.325 e. The fourth-order valence-corrected chi connectivity index (χ4v) is 2.37. The molecule has 1 fully saturated rings. The molecule has 0 radical (unpaired) electrons. The summed E-state index contributed by atoms with van der Waals surface area (Å²) < 4.78 is 1.70. The molecule has 5 heteroatoms. The third-order valence-electron chi connectivity index (χ3n) is 3.67. The van der Waals surface area contributed by atoms with Gasteiger partial charge in [0.25, 0.3) is 0 Å². The van der Waals surface area contributed by atoms with Gasteiger partial charge in [0.15, 0.2) is 0 Å². The highest BCUT2D eigenvalue weighted by molar-refractivity contribution is 5.81. The number of carboxylic acid groups (broad SMARTS) is 1. The minimum absolute atomic E-state index is 0.0676. The molecule has 1 heterocycles. The lowest BCUT2D eigenvalue weighted by atomic mass is 9.94. The lowest BCUT2D eigenvalue weighted by Gasteiger charge is -2.24. The van der Waals surface area contributed by atoms with Crippen molar-refractivity contribution in [1.82, 2.24) is 9.78 Å². The maximum Gasteiger partial charge on any atom is 0.325 e. The van der Waals surface area contributed by atoms with Crippen LogP contribution in [0.1, 0.15) is 12.8 Å². The summed E-state index contributed by atoms with van der Waals surface area (Å²) in [5.41, 5.74) is 5.79. The molecule has 2 aromatic rings.